The van der Waals surface area contributed by atoms with E-state index in [2.05, 4.69) is 38.8 Å². The molecule has 1 aromatic carbocycles. The monoisotopic (exact) mass is 495 g/mol. The number of hydrogen-bond donors (Lipinski definition) is 1. The van der Waals surface area contributed by atoms with E-state index in [1.807, 2.05) is 37.1 Å². The molecule has 2 aromatic rings. The predicted octanol–water partition coefficient (Wildman–Crippen LogP) is 4.14. The third kappa shape index (κ3) is 4.54. The summed E-state index contributed by atoms with van der Waals surface area (Å²) in [7, 11) is 3.88. The molecule has 0 radical (unpaired) electrons. The van der Waals surface area contributed by atoms with E-state index in [0.717, 1.165) is 35.5 Å². The molecule has 1 unspecified atom stereocenters. The number of benzene rings is 1. The second-order valence-electron chi connectivity index (χ2n) is 8.94. The number of fused-ring (bicyclic) bond motifs is 1. The van der Waals surface area contributed by atoms with Crippen molar-refractivity contribution in [2.45, 2.75) is 31.3 Å². The Morgan fingerprint density at radius 2 is 1.94 bits per heavy atom. The number of amides is 2. The van der Waals surface area contributed by atoms with Gasteiger partial charge in [-0.05, 0) is 55.5 Å². The Kier molecular flexibility index (Phi) is 6.55. The van der Waals surface area contributed by atoms with Crippen molar-refractivity contribution in [3.8, 4) is 0 Å². The van der Waals surface area contributed by atoms with Crippen molar-refractivity contribution in [3.63, 3.8) is 0 Å². The molecule has 184 valence electrons. The fraction of sp³-hybridized carbons (Fsp3) is 0.400. The first-order valence-corrected chi connectivity index (χ1v) is 12.8. The van der Waals surface area contributed by atoms with Crippen molar-refractivity contribution >= 4 is 35.1 Å². The van der Waals surface area contributed by atoms with Crippen LogP contribution in [0.1, 0.15) is 31.0 Å². The highest BCUT2D eigenvalue weighted by atomic mass is 32.2. The van der Waals surface area contributed by atoms with Gasteiger partial charge in [0.25, 0.3) is 0 Å². The van der Waals surface area contributed by atoms with E-state index < -0.39 is 0 Å². The molecule has 1 saturated heterocycles. The van der Waals surface area contributed by atoms with Gasteiger partial charge in [-0.25, -0.2) is 19.2 Å². The van der Waals surface area contributed by atoms with Crippen LogP contribution in [0, 0.1) is 5.82 Å². The number of halogens is 1. The van der Waals surface area contributed by atoms with Gasteiger partial charge in [-0.2, -0.15) is 0 Å². The Labute approximate surface area is 209 Å². The first kappa shape index (κ1) is 23.5. The van der Waals surface area contributed by atoms with E-state index in [0.29, 0.717) is 25.6 Å². The second kappa shape index (κ2) is 9.77. The number of likely N-dealkylation sites (tertiary alicyclic amines) is 1. The van der Waals surface area contributed by atoms with Crippen LogP contribution in [0.3, 0.4) is 0 Å². The molecule has 0 bridgehead atoms. The van der Waals surface area contributed by atoms with Crippen LogP contribution in [0.4, 0.5) is 15.1 Å². The lowest BCUT2D eigenvalue weighted by Crippen LogP contribution is -2.47. The molecule has 3 aliphatic heterocycles. The SMILES string of the molecule is CCN(C)C(=O)N1CCC(Nc2nccc(C3=C(c4ccc(F)cc4)N(C)C4SC=CN34)n2)CC1. The number of carbonyl (C=O) groups excluding carboxylic acids is 1. The molecule has 3 aliphatic rings. The zero-order valence-corrected chi connectivity index (χ0v) is 21.0. The number of nitrogens with one attached hydrogen (secondary N) is 1. The molecule has 1 fully saturated rings. The molecule has 1 N–H and O–H groups in total. The summed E-state index contributed by atoms with van der Waals surface area (Å²) in [4.78, 5) is 29.8. The molecule has 35 heavy (non-hydrogen) atoms. The Balaban J connectivity index is 1.37. The maximum Gasteiger partial charge on any atom is 0.319 e. The summed E-state index contributed by atoms with van der Waals surface area (Å²) in [5.41, 5.74) is 3.82. The van der Waals surface area contributed by atoms with Crippen molar-refractivity contribution in [1.29, 1.82) is 0 Å². The number of anilines is 1. The van der Waals surface area contributed by atoms with Gasteiger partial charge in [0.1, 0.15) is 5.82 Å². The van der Waals surface area contributed by atoms with Crippen LogP contribution in [0.5, 0.6) is 0 Å². The van der Waals surface area contributed by atoms with Crippen LogP contribution in [0.25, 0.3) is 11.4 Å². The fourth-order valence-electron chi connectivity index (χ4n) is 4.71. The molecule has 2 amide bonds. The maximum atomic E-state index is 13.6. The predicted molar refractivity (Wildman–Crippen MR) is 137 cm³/mol. The molecule has 10 heteroatoms. The van der Waals surface area contributed by atoms with Crippen LogP contribution in [-0.4, -0.2) is 80.9 Å². The zero-order chi connectivity index (χ0) is 24.5. The third-order valence-electron chi connectivity index (χ3n) is 6.74. The summed E-state index contributed by atoms with van der Waals surface area (Å²) in [6, 6.07) is 8.80. The topological polar surface area (TPSA) is 67.8 Å². The Morgan fingerprint density at radius 1 is 1.20 bits per heavy atom. The quantitative estimate of drug-likeness (QED) is 0.669. The molecule has 0 saturated carbocycles. The number of hydrogen-bond acceptors (Lipinski definition) is 7. The minimum absolute atomic E-state index is 0.0842. The first-order valence-electron chi connectivity index (χ1n) is 11.9. The summed E-state index contributed by atoms with van der Waals surface area (Å²) in [6.45, 7) is 4.11. The normalized spacial score (nSPS) is 20.0. The molecule has 1 aromatic heterocycles. The van der Waals surface area contributed by atoms with Crippen molar-refractivity contribution in [3.05, 3.63) is 65.2 Å². The van der Waals surface area contributed by atoms with Crippen LogP contribution in [0.15, 0.2) is 48.1 Å². The number of aromatic nitrogens is 2. The van der Waals surface area contributed by atoms with Gasteiger partial charge in [0.2, 0.25) is 5.95 Å². The summed E-state index contributed by atoms with van der Waals surface area (Å²) in [5.74, 6) is 0.319. The summed E-state index contributed by atoms with van der Waals surface area (Å²) in [6.07, 6.45) is 5.52. The minimum atomic E-state index is -0.256. The van der Waals surface area contributed by atoms with Gasteiger partial charge in [-0.15, -0.1) is 0 Å². The standard InChI is InChI=1S/C25H30FN7OS/c1-4-30(2)24(34)32-13-10-19(11-14-32)28-23-27-12-9-20(29-23)22-21(17-5-7-18(26)8-6-17)31(3)25-33(22)15-16-35-25/h5-9,12,15-16,19,25H,4,10-11,13-14H2,1-3H3,(H,27,28,29). The average molecular weight is 496 g/mol. The van der Waals surface area contributed by atoms with E-state index in [-0.39, 0.29) is 23.4 Å². The number of piperidine rings is 1. The Hall–Kier alpha value is -3.27. The first-order chi connectivity index (χ1) is 17.0. The van der Waals surface area contributed by atoms with Crippen LogP contribution in [-0.2, 0) is 0 Å². The van der Waals surface area contributed by atoms with E-state index in [1.54, 1.807) is 22.9 Å². The van der Waals surface area contributed by atoms with Gasteiger partial charge in [0, 0.05) is 57.7 Å². The van der Waals surface area contributed by atoms with Gasteiger partial charge >= 0.3 is 6.03 Å². The third-order valence-corrected chi connectivity index (χ3v) is 7.81. The van der Waals surface area contributed by atoms with Crippen molar-refractivity contribution in [2.75, 3.05) is 39.0 Å². The van der Waals surface area contributed by atoms with E-state index >= 15 is 0 Å². The van der Waals surface area contributed by atoms with Gasteiger partial charge in [0.05, 0.1) is 17.1 Å². The van der Waals surface area contributed by atoms with E-state index in [9.17, 15) is 9.18 Å². The zero-order valence-electron chi connectivity index (χ0n) is 20.2. The summed E-state index contributed by atoms with van der Waals surface area (Å²) in [5, 5.41) is 5.56. The van der Waals surface area contributed by atoms with Gasteiger partial charge < -0.3 is 24.9 Å². The van der Waals surface area contributed by atoms with E-state index in [4.69, 9.17) is 4.98 Å². The maximum absolute atomic E-state index is 13.6. The van der Waals surface area contributed by atoms with Crippen LogP contribution in [0.2, 0.25) is 0 Å². The molecule has 0 spiro atoms. The fourth-order valence-corrected chi connectivity index (χ4v) is 5.65. The number of thioether (sulfide) groups is 1. The van der Waals surface area contributed by atoms with Gasteiger partial charge in [0.15, 0.2) is 5.50 Å². The summed E-state index contributed by atoms with van der Waals surface area (Å²) >= 11 is 1.72. The highest BCUT2D eigenvalue weighted by Crippen LogP contribution is 2.46. The molecule has 8 nitrogen and oxygen atoms in total. The number of nitrogens with zero attached hydrogens (tertiary/aromatic N) is 6. The average Bonchev–Trinajstić information content (AvgIpc) is 3.46. The van der Waals surface area contributed by atoms with Crippen molar-refractivity contribution in [1.82, 2.24) is 29.6 Å². The van der Waals surface area contributed by atoms with Gasteiger partial charge in [-0.3, -0.25) is 0 Å². The molecule has 1 atom stereocenters. The molecule has 4 heterocycles. The number of carbonyl (C=O) groups is 1. The van der Waals surface area contributed by atoms with Crippen molar-refractivity contribution in [2.24, 2.45) is 0 Å². The largest absolute Gasteiger partial charge is 0.351 e. The second-order valence-corrected chi connectivity index (χ2v) is 9.90. The lowest BCUT2D eigenvalue weighted by atomic mass is 10.1. The highest BCUT2D eigenvalue weighted by molar-refractivity contribution is 8.02. The lowest BCUT2D eigenvalue weighted by Gasteiger charge is -2.34. The Bertz CT molecular complexity index is 1150. The van der Waals surface area contributed by atoms with Crippen molar-refractivity contribution < 1.29 is 9.18 Å². The molecule has 5 rings (SSSR count). The smallest absolute Gasteiger partial charge is 0.319 e. The molecule has 0 aliphatic carbocycles. The van der Waals surface area contributed by atoms with Gasteiger partial charge in [-0.1, -0.05) is 11.8 Å². The number of rotatable bonds is 5. The molecular weight excluding hydrogens is 465 g/mol. The Morgan fingerprint density at radius 3 is 2.66 bits per heavy atom. The minimum Gasteiger partial charge on any atom is -0.351 e. The lowest BCUT2D eigenvalue weighted by molar-refractivity contribution is 0.152. The van der Waals surface area contributed by atoms with E-state index in [1.165, 1.54) is 12.1 Å². The highest BCUT2D eigenvalue weighted by Gasteiger charge is 2.39. The molecular formula is C25H30FN7OS. The van der Waals surface area contributed by atoms with Crippen LogP contribution < -0.4 is 5.32 Å². The van der Waals surface area contributed by atoms with Crippen LogP contribution >= 0.6 is 11.8 Å². The summed E-state index contributed by atoms with van der Waals surface area (Å²) < 4.78 is 13.6. The number of urea groups is 1.